The molecule has 4 rings (SSSR count). The van der Waals surface area contributed by atoms with Crippen LogP contribution in [0.2, 0.25) is 0 Å². The van der Waals surface area contributed by atoms with Crippen molar-refractivity contribution in [2.45, 2.75) is 44.2 Å². The van der Waals surface area contributed by atoms with Gasteiger partial charge in [-0.05, 0) is 24.5 Å². The molecular formula is C22H30N4O4. The number of urea groups is 1. The van der Waals surface area contributed by atoms with Gasteiger partial charge in [-0.1, -0.05) is 31.0 Å². The summed E-state index contributed by atoms with van der Waals surface area (Å²) in [7, 11) is 1.77. The Morgan fingerprint density at radius 1 is 1.17 bits per heavy atom. The Morgan fingerprint density at radius 3 is 2.60 bits per heavy atom. The molecule has 3 aliphatic rings. The number of carbonyl (C=O) groups is 3. The Labute approximate surface area is 177 Å². The van der Waals surface area contributed by atoms with Gasteiger partial charge in [0.2, 0.25) is 5.91 Å². The smallest absolute Gasteiger partial charge is 0.325 e. The topological polar surface area (TPSA) is 82.2 Å². The highest BCUT2D eigenvalue weighted by Gasteiger charge is 2.52. The van der Waals surface area contributed by atoms with Gasteiger partial charge in [-0.2, -0.15) is 0 Å². The van der Waals surface area contributed by atoms with E-state index < -0.39 is 5.54 Å². The van der Waals surface area contributed by atoms with E-state index in [0.717, 1.165) is 37.2 Å². The number of para-hydroxylation sites is 1. The zero-order valence-corrected chi connectivity index (χ0v) is 17.6. The Bertz CT molecular complexity index is 815. The minimum Gasteiger partial charge on any atom is -0.378 e. The fourth-order valence-corrected chi connectivity index (χ4v) is 4.70. The summed E-state index contributed by atoms with van der Waals surface area (Å²) in [5.74, 6) is -0.252. The van der Waals surface area contributed by atoms with Crippen molar-refractivity contribution in [2.24, 2.45) is 0 Å². The zero-order valence-electron chi connectivity index (χ0n) is 17.6. The summed E-state index contributed by atoms with van der Waals surface area (Å²) < 4.78 is 5.44. The van der Waals surface area contributed by atoms with E-state index in [9.17, 15) is 14.4 Å². The summed E-state index contributed by atoms with van der Waals surface area (Å²) in [6.07, 6.45) is 3.42. The highest BCUT2D eigenvalue weighted by molar-refractivity contribution is 6.07. The number of benzene rings is 1. The predicted molar refractivity (Wildman–Crippen MR) is 112 cm³/mol. The van der Waals surface area contributed by atoms with Gasteiger partial charge in [0.25, 0.3) is 5.91 Å². The molecule has 30 heavy (non-hydrogen) atoms. The second-order valence-electron chi connectivity index (χ2n) is 8.40. The number of imide groups is 1. The largest absolute Gasteiger partial charge is 0.378 e. The molecule has 2 aliphatic heterocycles. The molecule has 2 saturated heterocycles. The van der Waals surface area contributed by atoms with Crippen molar-refractivity contribution < 1.29 is 19.1 Å². The van der Waals surface area contributed by atoms with Crippen molar-refractivity contribution in [3.8, 4) is 0 Å². The van der Waals surface area contributed by atoms with Gasteiger partial charge in [0.15, 0.2) is 0 Å². The van der Waals surface area contributed by atoms with Gasteiger partial charge in [-0.25, -0.2) is 4.79 Å². The minimum absolute atomic E-state index is 0.0836. The van der Waals surface area contributed by atoms with E-state index in [4.69, 9.17) is 4.74 Å². The number of hydrogen-bond acceptors (Lipinski definition) is 5. The maximum absolute atomic E-state index is 12.7. The van der Waals surface area contributed by atoms with Crippen LogP contribution in [0.4, 0.5) is 10.5 Å². The Balaban J connectivity index is 1.35. The molecule has 0 unspecified atom stereocenters. The first-order valence-electron chi connectivity index (χ1n) is 10.8. The van der Waals surface area contributed by atoms with E-state index >= 15 is 0 Å². The molecule has 0 bridgehead atoms. The molecule has 1 aromatic rings. The monoisotopic (exact) mass is 414 g/mol. The summed E-state index contributed by atoms with van der Waals surface area (Å²) in [5.41, 5.74) is 1.48. The predicted octanol–water partition coefficient (Wildman–Crippen LogP) is 1.74. The van der Waals surface area contributed by atoms with Crippen molar-refractivity contribution in [3.05, 3.63) is 29.8 Å². The van der Waals surface area contributed by atoms with Crippen molar-refractivity contribution in [1.29, 1.82) is 0 Å². The number of nitrogens with one attached hydrogen (secondary N) is 1. The third-order valence-corrected chi connectivity index (χ3v) is 6.43. The number of morpholine rings is 1. The fraction of sp³-hybridized carbons (Fsp3) is 0.591. The van der Waals surface area contributed by atoms with Crippen molar-refractivity contribution in [2.75, 3.05) is 44.8 Å². The van der Waals surface area contributed by atoms with Gasteiger partial charge >= 0.3 is 6.03 Å². The molecule has 1 aromatic carbocycles. The highest BCUT2D eigenvalue weighted by Crippen LogP contribution is 2.35. The Morgan fingerprint density at radius 2 is 1.87 bits per heavy atom. The molecule has 8 nitrogen and oxygen atoms in total. The molecule has 1 saturated carbocycles. The van der Waals surface area contributed by atoms with E-state index in [1.807, 2.05) is 18.2 Å². The molecule has 0 radical (unpaired) electrons. The SMILES string of the molecule is CN(Cc1ccccc1N1CCOCC1)C(=O)CCN1C(=O)NC2(CCCC2)C1=O. The maximum Gasteiger partial charge on any atom is 0.325 e. The number of carbonyl (C=O) groups excluding carboxylic acids is 3. The lowest BCUT2D eigenvalue weighted by Crippen LogP contribution is -2.44. The van der Waals surface area contributed by atoms with Gasteiger partial charge in [-0.15, -0.1) is 0 Å². The number of hydrogen-bond donors (Lipinski definition) is 1. The van der Waals surface area contributed by atoms with Gasteiger partial charge < -0.3 is 19.9 Å². The van der Waals surface area contributed by atoms with Crippen molar-refractivity contribution >= 4 is 23.5 Å². The molecule has 1 N–H and O–H groups in total. The molecule has 162 valence electrons. The van der Waals surface area contributed by atoms with E-state index in [1.54, 1.807) is 11.9 Å². The van der Waals surface area contributed by atoms with Crippen LogP contribution < -0.4 is 10.2 Å². The van der Waals surface area contributed by atoms with Crippen LogP contribution >= 0.6 is 0 Å². The lowest BCUT2D eigenvalue weighted by atomic mass is 9.98. The van der Waals surface area contributed by atoms with E-state index in [0.29, 0.717) is 32.6 Å². The minimum atomic E-state index is -0.719. The summed E-state index contributed by atoms with van der Waals surface area (Å²) in [4.78, 5) is 42.9. The molecule has 8 heteroatoms. The van der Waals surface area contributed by atoms with Crippen molar-refractivity contribution in [1.82, 2.24) is 15.1 Å². The van der Waals surface area contributed by atoms with Crippen LogP contribution in [-0.4, -0.2) is 73.1 Å². The third kappa shape index (κ3) is 4.01. The van der Waals surface area contributed by atoms with Crippen LogP contribution in [0.15, 0.2) is 24.3 Å². The molecule has 4 amide bonds. The summed E-state index contributed by atoms with van der Waals surface area (Å²) >= 11 is 0. The summed E-state index contributed by atoms with van der Waals surface area (Å²) in [6, 6.07) is 7.73. The Hall–Kier alpha value is -2.61. The summed E-state index contributed by atoms with van der Waals surface area (Å²) in [5, 5.41) is 2.86. The van der Waals surface area contributed by atoms with E-state index in [2.05, 4.69) is 16.3 Å². The third-order valence-electron chi connectivity index (χ3n) is 6.43. The van der Waals surface area contributed by atoms with Crippen LogP contribution in [0.3, 0.4) is 0 Å². The fourth-order valence-electron chi connectivity index (χ4n) is 4.70. The average molecular weight is 415 g/mol. The summed E-state index contributed by atoms with van der Waals surface area (Å²) in [6.45, 7) is 3.69. The van der Waals surface area contributed by atoms with Crippen LogP contribution in [0, 0.1) is 0 Å². The van der Waals surface area contributed by atoms with Gasteiger partial charge in [0.05, 0.1) is 13.2 Å². The lowest BCUT2D eigenvalue weighted by Gasteiger charge is -2.31. The highest BCUT2D eigenvalue weighted by atomic mass is 16.5. The first-order valence-corrected chi connectivity index (χ1v) is 10.8. The van der Waals surface area contributed by atoms with Gasteiger partial charge in [0.1, 0.15) is 5.54 Å². The van der Waals surface area contributed by atoms with Crippen LogP contribution in [-0.2, 0) is 20.9 Å². The Kier molecular flexibility index (Phi) is 5.94. The van der Waals surface area contributed by atoms with Crippen LogP contribution in [0.25, 0.3) is 0 Å². The van der Waals surface area contributed by atoms with Gasteiger partial charge in [0, 0.05) is 45.3 Å². The van der Waals surface area contributed by atoms with E-state index in [-0.39, 0.29) is 30.8 Å². The number of amides is 4. The second kappa shape index (κ2) is 8.63. The molecule has 0 aromatic heterocycles. The number of ether oxygens (including phenoxy) is 1. The van der Waals surface area contributed by atoms with Gasteiger partial charge in [-0.3, -0.25) is 14.5 Å². The number of anilines is 1. The first-order chi connectivity index (χ1) is 14.5. The quantitative estimate of drug-likeness (QED) is 0.717. The molecule has 2 heterocycles. The van der Waals surface area contributed by atoms with Crippen molar-refractivity contribution in [3.63, 3.8) is 0 Å². The lowest BCUT2D eigenvalue weighted by molar-refractivity contribution is -0.133. The standard InChI is InChI=1S/C22H30N4O4/c1-24(16-17-6-2-3-7-18(17)25-12-14-30-15-13-25)19(27)8-11-26-20(28)22(23-21(26)29)9-4-5-10-22/h2-3,6-7H,4-5,8-16H2,1H3,(H,23,29). The number of nitrogens with zero attached hydrogens (tertiary/aromatic N) is 3. The second-order valence-corrected chi connectivity index (χ2v) is 8.40. The van der Waals surface area contributed by atoms with E-state index in [1.165, 1.54) is 4.90 Å². The first kappa shape index (κ1) is 20.7. The zero-order chi connectivity index (χ0) is 21.1. The molecule has 1 aliphatic carbocycles. The maximum atomic E-state index is 12.7. The molecule has 3 fully saturated rings. The normalized spacial score (nSPS) is 20.7. The van der Waals surface area contributed by atoms with Crippen LogP contribution in [0.1, 0.15) is 37.7 Å². The molecular weight excluding hydrogens is 384 g/mol. The average Bonchev–Trinajstić information content (AvgIpc) is 3.32. The van der Waals surface area contributed by atoms with Crippen LogP contribution in [0.5, 0.6) is 0 Å². The molecule has 0 atom stereocenters. The molecule has 1 spiro atoms. The number of rotatable bonds is 6.